The van der Waals surface area contributed by atoms with E-state index in [1.807, 2.05) is 12.1 Å². The summed E-state index contributed by atoms with van der Waals surface area (Å²) < 4.78 is 16.5. The molecule has 0 atom stereocenters. The summed E-state index contributed by atoms with van der Waals surface area (Å²) in [6.07, 6.45) is 2.30. The van der Waals surface area contributed by atoms with E-state index in [9.17, 15) is 0 Å². The Morgan fingerprint density at radius 3 is 2.75 bits per heavy atom. The highest BCUT2D eigenvalue weighted by Gasteiger charge is 2.17. The molecule has 5 heteroatoms. The number of benzene rings is 1. The van der Waals surface area contributed by atoms with E-state index in [1.54, 1.807) is 0 Å². The van der Waals surface area contributed by atoms with Crippen LogP contribution in [0.25, 0.3) is 0 Å². The quantitative estimate of drug-likeness (QED) is 0.927. The van der Waals surface area contributed by atoms with E-state index in [0.717, 1.165) is 56.4 Å². The first-order chi connectivity index (χ1) is 9.83. The third kappa shape index (κ3) is 3.37. The molecule has 0 saturated carbocycles. The largest absolute Gasteiger partial charge is 0.486 e. The molecule has 2 aliphatic rings. The average Bonchev–Trinajstić information content (AvgIpc) is 2.48. The van der Waals surface area contributed by atoms with Gasteiger partial charge in [0.1, 0.15) is 13.2 Å². The van der Waals surface area contributed by atoms with Crippen molar-refractivity contribution in [2.45, 2.75) is 19.4 Å². The summed E-state index contributed by atoms with van der Waals surface area (Å²) in [7, 11) is 0. The Labute approximate surface area is 124 Å². The minimum Gasteiger partial charge on any atom is -0.486 e. The van der Waals surface area contributed by atoms with E-state index in [-0.39, 0.29) is 0 Å². The van der Waals surface area contributed by atoms with Crippen LogP contribution in [0.15, 0.2) is 12.1 Å². The molecule has 2 aliphatic heterocycles. The maximum Gasteiger partial charge on any atom is 0.179 e. The van der Waals surface area contributed by atoms with Gasteiger partial charge in [-0.25, -0.2) is 0 Å². The lowest BCUT2D eigenvalue weighted by molar-refractivity contribution is 0.0662. The molecule has 4 nitrogen and oxygen atoms in total. The highest BCUT2D eigenvalue weighted by atomic mass is 35.5. The van der Waals surface area contributed by atoms with Crippen LogP contribution in [-0.4, -0.2) is 33.0 Å². The lowest BCUT2D eigenvalue weighted by Crippen LogP contribution is -2.27. The average molecular weight is 298 g/mol. The number of rotatable bonds is 4. The van der Waals surface area contributed by atoms with E-state index in [0.29, 0.717) is 24.0 Å². The molecule has 110 valence electrons. The highest BCUT2D eigenvalue weighted by molar-refractivity contribution is 6.32. The number of hydrogen-bond acceptors (Lipinski definition) is 4. The third-order valence-electron chi connectivity index (χ3n) is 3.76. The van der Waals surface area contributed by atoms with Crippen LogP contribution in [0.2, 0.25) is 5.02 Å². The lowest BCUT2D eigenvalue weighted by Gasteiger charge is -2.23. The highest BCUT2D eigenvalue weighted by Crippen LogP contribution is 2.38. The Bertz CT molecular complexity index is 461. The Morgan fingerprint density at radius 2 is 1.90 bits per heavy atom. The van der Waals surface area contributed by atoms with Gasteiger partial charge in [0.2, 0.25) is 0 Å². The Balaban J connectivity index is 1.56. The van der Waals surface area contributed by atoms with Crippen molar-refractivity contribution in [3.63, 3.8) is 0 Å². The fourth-order valence-electron chi connectivity index (χ4n) is 2.64. The van der Waals surface area contributed by atoms with Gasteiger partial charge in [-0.15, -0.1) is 0 Å². The van der Waals surface area contributed by atoms with Gasteiger partial charge in [-0.3, -0.25) is 0 Å². The molecule has 0 radical (unpaired) electrons. The zero-order valence-corrected chi connectivity index (χ0v) is 12.2. The van der Waals surface area contributed by atoms with Crippen LogP contribution < -0.4 is 14.8 Å². The molecule has 1 N–H and O–H groups in total. The fraction of sp³-hybridized carbons (Fsp3) is 0.600. The first-order valence-corrected chi connectivity index (χ1v) is 7.57. The van der Waals surface area contributed by atoms with Crippen LogP contribution in [0.3, 0.4) is 0 Å². The normalized spacial score (nSPS) is 19.1. The van der Waals surface area contributed by atoms with Gasteiger partial charge in [0.25, 0.3) is 0 Å². The van der Waals surface area contributed by atoms with Gasteiger partial charge in [0, 0.05) is 19.8 Å². The Morgan fingerprint density at radius 1 is 1.10 bits per heavy atom. The summed E-state index contributed by atoms with van der Waals surface area (Å²) in [6.45, 7) is 4.75. The molecule has 1 aromatic rings. The topological polar surface area (TPSA) is 39.7 Å². The number of nitrogens with one attached hydrogen (secondary N) is 1. The lowest BCUT2D eigenvalue weighted by atomic mass is 10.0. The van der Waals surface area contributed by atoms with Crippen LogP contribution >= 0.6 is 11.6 Å². The van der Waals surface area contributed by atoms with Gasteiger partial charge in [-0.2, -0.15) is 0 Å². The molecule has 1 saturated heterocycles. The summed E-state index contributed by atoms with van der Waals surface area (Å²) in [4.78, 5) is 0. The molecule has 0 unspecified atom stereocenters. The Hall–Kier alpha value is -0.970. The smallest absolute Gasteiger partial charge is 0.179 e. The van der Waals surface area contributed by atoms with Crippen LogP contribution in [0.4, 0.5) is 0 Å². The molecular weight excluding hydrogens is 278 g/mol. The van der Waals surface area contributed by atoms with E-state index in [4.69, 9.17) is 25.8 Å². The van der Waals surface area contributed by atoms with Crippen molar-refractivity contribution in [1.29, 1.82) is 0 Å². The standard InChI is InChI=1S/C15H20ClNO3/c16-13-7-12(8-14-15(13)20-6-5-19-14)10-17-9-11-1-3-18-4-2-11/h7-8,11,17H,1-6,9-10H2. The molecule has 1 fully saturated rings. The predicted molar refractivity (Wildman–Crippen MR) is 77.7 cm³/mol. The SMILES string of the molecule is Clc1cc(CNCC2CCOCC2)cc2c1OCCO2. The van der Waals surface area contributed by atoms with Crippen LogP contribution in [-0.2, 0) is 11.3 Å². The third-order valence-corrected chi connectivity index (χ3v) is 4.04. The first kappa shape index (κ1) is 14.0. The summed E-state index contributed by atoms with van der Waals surface area (Å²) in [5.74, 6) is 2.15. The number of fused-ring (bicyclic) bond motifs is 1. The van der Waals surface area contributed by atoms with Gasteiger partial charge < -0.3 is 19.5 Å². The van der Waals surface area contributed by atoms with Gasteiger partial charge in [0.05, 0.1) is 5.02 Å². The molecule has 0 bridgehead atoms. The van der Waals surface area contributed by atoms with Crippen molar-refractivity contribution in [2.75, 3.05) is 33.0 Å². The fourth-order valence-corrected chi connectivity index (χ4v) is 2.93. The number of halogens is 1. The van der Waals surface area contributed by atoms with Crippen LogP contribution in [0, 0.1) is 5.92 Å². The van der Waals surface area contributed by atoms with E-state index < -0.39 is 0 Å². The summed E-state index contributed by atoms with van der Waals surface area (Å²) in [6, 6.07) is 3.96. The summed E-state index contributed by atoms with van der Waals surface area (Å²) in [5.41, 5.74) is 1.13. The minimum absolute atomic E-state index is 0.564. The molecule has 0 spiro atoms. The van der Waals surface area contributed by atoms with Crippen molar-refractivity contribution in [3.8, 4) is 11.5 Å². The van der Waals surface area contributed by atoms with Crippen molar-refractivity contribution in [2.24, 2.45) is 5.92 Å². The van der Waals surface area contributed by atoms with Gasteiger partial charge >= 0.3 is 0 Å². The summed E-state index contributed by atoms with van der Waals surface area (Å²) in [5, 5.41) is 4.12. The van der Waals surface area contributed by atoms with Gasteiger partial charge in [-0.1, -0.05) is 11.6 Å². The number of ether oxygens (including phenoxy) is 3. The molecule has 1 aromatic carbocycles. The molecule has 3 rings (SSSR count). The second kappa shape index (κ2) is 6.66. The molecule has 2 heterocycles. The van der Waals surface area contributed by atoms with Crippen molar-refractivity contribution < 1.29 is 14.2 Å². The van der Waals surface area contributed by atoms with E-state index >= 15 is 0 Å². The maximum absolute atomic E-state index is 6.23. The van der Waals surface area contributed by atoms with Crippen LogP contribution in [0.1, 0.15) is 18.4 Å². The van der Waals surface area contributed by atoms with Crippen molar-refractivity contribution >= 4 is 11.6 Å². The minimum atomic E-state index is 0.564. The van der Waals surface area contributed by atoms with Crippen molar-refractivity contribution in [3.05, 3.63) is 22.7 Å². The molecule has 0 aromatic heterocycles. The van der Waals surface area contributed by atoms with E-state index in [2.05, 4.69) is 5.32 Å². The monoisotopic (exact) mass is 297 g/mol. The number of hydrogen-bond donors (Lipinski definition) is 1. The van der Waals surface area contributed by atoms with E-state index in [1.165, 1.54) is 0 Å². The maximum atomic E-state index is 6.23. The van der Waals surface area contributed by atoms with Gasteiger partial charge in [0.15, 0.2) is 11.5 Å². The summed E-state index contributed by atoms with van der Waals surface area (Å²) >= 11 is 6.23. The predicted octanol–water partition coefficient (Wildman–Crippen LogP) is 2.63. The molecule has 0 aliphatic carbocycles. The first-order valence-electron chi connectivity index (χ1n) is 7.19. The second-order valence-corrected chi connectivity index (χ2v) is 5.70. The van der Waals surface area contributed by atoms with Gasteiger partial charge in [-0.05, 0) is 43.0 Å². The van der Waals surface area contributed by atoms with Crippen molar-refractivity contribution in [1.82, 2.24) is 5.32 Å². The second-order valence-electron chi connectivity index (χ2n) is 5.29. The molecule has 0 amide bonds. The molecule has 20 heavy (non-hydrogen) atoms. The Kier molecular flexibility index (Phi) is 4.65. The molecular formula is C15H20ClNO3. The zero-order valence-electron chi connectivity index (χ0n) is 11.5. The van der Waals surface area contributed by atoms with Crippen LogP contribution in [0.5, 0.6) is 11.5 Å². The zero-order chi connectivity index (χ0) is 13.8.